The molecule has 5 nitrogen and oxygen atoms in total. The molecule has 27 heavy (non-hydrogen) atoms. The third-order valence-corrected chi connectivity index (χ3v) is 8.32. The summed E-state index contributed by atoms with van der Waals surface area (Å²) in [5.74, 6) is 0.0937. The van der Waals surface area contributed by atoms with Gasteiger partial charge in [0, 0.05) is 16.4 Å². The van der Waals surface area contributed by atoms with Crippen LogP contribution in [0.3, 0.4) is 0 Å². The number of para-hydroxylation sites is 1. The number of sulfone groups is 1. The zero-order valence-corrected chi connectivity index (χ0v) is 18.3. The topological polar surface area (TPSA) is 66.8 Å². The molecule has 0 radical (unpaired) electrons. The molecule has 0 spiro atoms. The number of carbonyl (C=O) groups is 1. The maximum atomic E-state index is 12.6. The van der Waals surface area contributed by atoms with Crippen LogP contribution in [0.15, 0.2) is 23.2 Å². The Hall–Kier alpha value is -1.34. The molecule has 2 fully saturated rings. The van der Waals surface area contributed by atoms with Crippen LogP contribution in [0.5, 0.6) is 0 Å². The van der Waals surface area contributed by atoms with Crippen molar-refractivity contribution >= 4 is 38.4 Å². The lowest BCUT2D eigenvalue weighted by atomic mass is 9.96. The highest BCUT2D eigenvalue weighted by molar-refractivity contribution is 8.16. The summed E-state index contributed by atoms with van der Waals surface area (Å²) in [7, 11) is -3.07. The van der Waals surface area contributed by atoms with Gasteiger partial charge in [-0.2, -0.15) is 4.99 Å². The molecule has 3 rings (SSSR count). The fourth-order valence-electron chi connectivity index (χ4n) is 3.61. The van der Waals surface area contributed by atoms with Crippen LogP contribution in [0.1, 0.15) is 45.7 Å². The maximum absolute atomic E-state index is 12.6. The quantitative estimate of drug-likeness (QED) is 0.766. The number of nitrogens with zero attached hydrogens (tertiary/aromatic N) is 2. The normalized spacial score (nSPS) is 25.8. The molecule has 148 valence electrons. The Labute approximate surface area is 166 Å². The average Bonchev–Trinajstić information content (AvgIpc) is 3.04. The first-order valence-electron chi connectivity index (χ1n) is 9.47. The smallest absolute Gasteiger partial charge is 0.253 e. The Morgan fingerprint density at radius 2 is 1.78 bits per heavy atom. The fourth-order valence-corrected chi connectivity index (χ4v) is 7.50. The van der Waals surface area contributed by atoms with Crippen LogP contribution in [0.4, 0.5) is 5.69 Å². The largest absolute Gasteiger partial charge is 0.315 e. The van der Waals surface area contributed by atoms with Crippen LogP contribution < -0.4 is 4.90 Å². The van der Waals surface area contributed by atoms with Gasteiger partial charge >= 0.3 is 0 Å². The van der Waals surface area contributed by atoms with Crippen molar-refractivity contribution in [2.45, 2.75) is 58.8 Å². The standard InChI is InChI=1S/C20H28N2O3S2/c1-6-13-9-8-10-14(7-2)17(13)22-15-11-27(24,25)12-16(15)26-19(22)21-18(23)20(3,4)5/h8-10,15-16H,6-7,11-12H2,1-5H3/t15-,16-/m0/s1. The van der Waals surface area contributed by atoms with Gasteiger partial charge in [-0.05, 0) is 24.0 Å². The van der Waals surface area contributed by atoms with Crippen molar-refractivity contribution in [3.63, 3.8) is 0 Å². The number of carbonyl (C=O) groups excluding carboxylic acids is 1. The average molecular weight is 409 g/mol. The van der Waals surface area contributed by atoms with Crippen LogP contribution in [0.25, 0.3) is 0 Å². The van der Waals surface area contributed by atoms with Crippen molar-refractivity contribution in [2.24, 2.45) is 10.4 Å². The van der Waals surface area contributed by atoms with E-state index in [9.17, 15) is 13.2 Å². The van der Waals surface area contributed by atoms with E-state index in [4.69, 9.17) is 0 Å². The van der Waals surface area contributed by atoms with E-state index in [0.717, 1.165) is 29.7 Å². The van der Waals surface area contributed by atoms with E-state index in [2.05, 4.69) is 35.9 Å². The number of hydrogen-bond acceptors (Lipinski definition) is 4. The van der Waals surface area contributed by atoms with E-state index >= 15 is 0 Å². The van der Waals surface area contributed by atoms with E-state index in [1.165, 1.54) is 11.8 Å². The van der Waals surface area contributed by atoms with E-state index in [0.29, 0.717) is 5.17 Å². The summed E-state index contributed by atoms with van der Waals surface area (Å²) in [5.41, 5.74) is 2.80. The maximum Gasteiger partial charge on any atom is 0.253 e. The molecule has 0 saturated carbocycles. The molecule has 0 aromatic heterocycles. The number of aliphatic imine (C=N–C) groups is 1. The van der Waals surface area contributed by atoms with Crippen molar-refractivity contribution in [3.05, 3.63) is 29.3 Å². The van der Waals surface area contributed by atoms with Gasteiger partial charge in [0.25, 0.3) is 5.91 Å². The van der Waals surface area contributed by atoms with Crippen LogP contribution in [0, 0.1) is 5.41 Å². The number of amides is 1. The fraction of sp³-hybridized carbons (Fsp3) is 0.600. The first kappa shape index (κ1) is 20.4. The number of hydrogen-bond donors (Lipinski definition) is 0. The molecular weight excluding hydrogens is 380 g/mol. The number of amidine groups is 1. The summed E-state index contributed by atoms with van der Waals surface area (Å²) < 4.78 is 24.5. The van der Waals surface area contributed by atoms with Crippen molar-refractivity contribution in [2.75, 3.05) is 16.4 Å². The molecule has 2 heterocycles. The monoisotopic (exact) mass is 408 g/mol. The summed E-state index contributed by atoms with van der Waals surface area (Å²) in [5, 5.41) is 0.576. The summed E-state index contributed by atoms with van der Waals surface area (Å²) in [6.07, 6.45) is 1.68. The minimum Gasteiger partial charge on any atom is -0.315 e. The number of fused-ring (bicyclic) bond motifs is 1. The third kappa shape index (κ3) is 3.94. The summed E-state index contributed by atoms with van der Waals surface area (Å²) in [6, 6.07) is 6.05. The van der Waals surface area contributed by atoms with Crippen molar-refractivity contribution in [3.8, 4) is 0 Å². The molecule has 1 amide bonds. The van der Waals surface area contributed by atoms with E-state index in [1.807, 2.05) is 26.8 Å². The van der Waals surface area contributed by atoms with Gasteiger partial charge in [-0.1, -0.05) is 64.6 Å². The minimum absolute atomic E-state index is 0.0730. The van der Waals surface area contributed by atoms with Gasteiger partial charge in [0.15, 0.2) is 15.0 Å². The molecule has 7 heteroatoms. The molecule has 0 N–H and O–H groups in total. The molecule has 1 aromatic carbocycles. The highest BCUT2D eigenvalue weighted by Crippen LogP contribution is 2.43. The lowest BCUT2D eigenvalue weighted by molar-refractivity contribution is -0.124. The Balaban J connectivity index is 2.15. The summed E-state index contributed by atoms with van der Waals surface area (Å²) in [6.45, 7) is 9.76. The van der Waals surface area contributed by atoms with Crippen molar-refractivity contribution < 1.29 is 13.2 Å². The Bertz CT molecular complexity index is 863. The van der Waals surface area contributed by atoms with Crippen LogP contribution in [-0.2, 0) is 27.5 Å². The number of thioether (sulfide) groups is 1. The molecule has 2 aliphatic heterocycles. The summed E-state index contributed by atoms with van der Waals surface area (Å²) >= 11 is 1.45. The predicted octanol–water partition coefficient (Wildman–Crippen LogP) is 3.46. The van der Waals surface area contributed by atoms with Crippen molar-refractivity contribution in [1.82, 2.24) is 0 Å². The van der Waals surface area contributed by atoms with Crippen molar-refractivity contribution in [1.29, 1.82) is 0 Å². The molecule has 0 bridgehead atoms. The second-order valence-corrected chi connectivity index (χ2v) is 11.6. The number of aryl methyl sites for hydroxylation is 2. The van der Waals surface area contributed by atoms with Crippen LogP contribution in [-0.4, -0.2) is 42.3 Å². The molecule has 2 aliphatic rings. The second-order valence-electron chi connectivity index (χ2n) is 8.25. The van der Waals surface area contributed by atoms with Gasteiger partial charge in [-0.25, -0.2) is 8.42 Å². The van der Waals surface area contributed by atoms with Gasteiger partial charge in [0.05, 0.1) is 17.5 Å². The van der Waals surface area contributed by atoms with E-state index in [1.54, 1.807) is 0 Å². The molecule has 2 atom stereocenters. The lowest BCUT2D eigenvalue weighted by Gasteiger charge is -2.29. The van der Waals surface area contributed by atoms with E-state index in [-0.39, 0.29) is 28.7 Å². The Morgan fingerprint density at radius 1 is 1.19 bits per heavy atom. The first-order chi connectivity index (χ1) is 12.6. The lowest BCUT2D eigenvalue weighted by Crippen LogP contribution is -2.39. The van der Waals surface area contributed by atoms with Crippen LogP contribution >= 0.6 is 11.8 Å². The first-order valence-corrected chi connectivity index (χ1v) is 12.2. The van der Waals surface area contributed by atoms with Gasteiger partial charge in [0.1, 0.15) is 0 Å². The molecule has 0 aliphatic carbocycles. The minimum atomic E-state index is -3.07. The number of anilines is 1. The molecular formula is C20H28N2O3S2. The van der Waals surface area contributed by atoms with Crippen LogP contribution in [0.2, 0.25) is 0 Å². The SMILES string of the molecule is CCc1cccc(CC)c1N1C(=NC(=O)C(C)(C)C)S[C@H]2CS(=O)(=O)C[C@@H]21. The third-order valence-electron chi connectivity index (χ3n) is 5.11. The Morgan fingerprint density at radius 3 is 2.30 bits per heavy atom. The van der Waals surface area contributed by atoms with Gasteiger partial charge in [0.2, 0.25) is 0 Å². The van der Waals surface area contributed by atoms with Gasteiger partial charge < -0.3 is 4.90 Å². The zero-order chi connectivity index (χ0) is 20.0. The number of rotatable bonds is 3. The summed E-state index contributed by atoms with van der Waals surface area (Å²) in [4.78, 5) is 19.1. The Kier molecular flexibility index (Phi) is 5.47. The van der Waals surface area contributed by atoms with Gasteiger partial charge in [-0.15, -0.1) is 0 Å². The van der Waals surface area contributed by atoms with Gasteiger partial charge in [-0.3, -0.25) is 4.79 Å². The highest BCUT2D eigenvalue weighted by atomic mass is 32.2. The number of benzene rings is 1. The predicted molar refractivity (Wildman–Crippen MR) is 113 cm³/mol. The second kappa shape index (κ2) is 7.24. The molecule has 0 unspecified atom stereocenters. The zero-order valence-electron chi connectivity index (χ0n) is 16.7. The molecule has 2 saturated heterocycles. The molecule has 1 aromatic rings. The van der Waals surface area contributed by atoms with E-state index < -0.39 is 15.3 Å². The highest BCUT2D eigenvalue weighted by Gasteiger charge is 2.50.